The van der Waals surface area contributed by atoms with Crippen molar-refractivity contribution in [2.75, 3.05) is 19.7 Å². The van der Waals surface area contributed by atoms with Gasteiger partial charge < -0.3 is 9.90 Å². The maximum atomic E-state index is 10.2. The van der Waals surface area contributed by atoms with Gasteiger partial charge in [-0.3, -0.25) is 4.90 Å². The van der Waals surface area contributed by atoms with Gasteiger partial charge in [-0.15, -0.1) is 0 Å². The minimum absolute atomic E-state index is 0.176. The molecule has 0 radical (unpaired) electrons. The normalized spacial score (nSPS) is 11.2. The number of carbonyl (C=O) groups excluding carboxylic acids is 1. The molecule has 13 heavy (non-hydrogen) atoms. The molecule has 0 saturated heterocycles. The molecule has 0 aliphatic heterocycles. The van der Waals surface area contributed by atoms with Crippen molar-refractivity contribution in [1.29, 1.82) is 0 Å². The van der Waals surface area contributed by atoms with Crippen LogP contribution in [0.5, 0.6) is 0 Å². The summed E-state index contributed by atoms with van der Waals surface area (Å²) in [7, 11) is 0. The SMILES string of the molecule is CCC(CC)N(CCO)CCC=O. The highest BCUT2D eigenvalue weighted by Gasteiger charge is 2.13. The number of aliphatic hydroxyl groups is 1. The smallest absolute Gasteiger partial charge is 0.121 e. The Morgan fingerprint density at radius 2 is 1.92 bits per heavy atom. The van der Waals surface area contributed by atoms with Crippen molar-refractivity contribution >= 4 is 6.29 Å². The lowest BCUT2D eigenvalue weighted by Gasteiger charge is -2.28. The Morgan fingerprint density at radius 1 is 1.31 bits per heavy atom. The second-order valence-electron chi connectivity index (χ2n) is 3.19. The van der Waals surface area contributed by atoms with Gasteiger partial charge in [0.15, 0.2) is 0 Å². The zero-order chi connectivity index (χ0) is 10.1. The second kappa shape index (κ2) is 8.20. The molecule has 0 aliphatic rings. The Balaban J connectivity index is 3.94. The van der Waals surface area contributed by atoms with Gasteiger partial charge in [-0.1, -0.05) is 13.8 Å². The third-order valence-corrected chi connectivity index (χ3v) is 2.38. The van der Waals surface area contributed by atoms with E-state index in [9.17, 15) is 4.79 Å². The van der Waals surface area contributed by atoms with E-state index >= 15 is 0 Å². The molecule has 3 nitrogen and oxygen atoms in total. The van der Waals surface area contributed by atoms with Gasteiger partial charge in [0.05, 0.1) is 6.61 Å². The number of nitrogens with zero attached hydrogens (tertiary/aromatic N) is 1. The van der Waals surface area contributed by atoms with Gasteiger partial charge in [-0.2, -0.15) is 0 Å². The van der Waals surface area contributed by atoms with Gasteiger partial charge in [-0.25, -0.2) is 0 Å². The molecular formula is C10H21NO2. The highest BCUT2D eigenvalue weighted by atomic mass is 16.3. The monoisotopic (exact) mass is 187 g/mol. The number of carbonyl (C=O) groups is 1. The molecule has 0 aromatic rings. The van der Waals surface area contributed by atoms with E-state index in [4.69, 9.17) is 5.11 Å². The van der Waals surface area contributed by atoms with E-state index in [0.717, 1.165) is 25.7 Å². The van der Waals surface area contributed by atoms with Crippen LogP contribution in [0, 0.1) is 0 Å². The van der Waals surface area contributed by atoms with Gasteiger partial charge >= 0.3 is 0 Å². The maximum Gasteiger partial charge on any atom is 0.121 e. The first-order valence-electron chi connectivity index (χ1n) is 5.08. The average Bonchev–Trinajstić information content (AvgIpc) is 2.16. The molecule has 0 aliphatic carbocycles. The van der Waals surface area contributed by atoms with Crippen molar-refractivity contribution in [2.45, 2.75) is 39.2 Å². The van der Waals surface area contributed by atoms with Crippen LogP contribution in [0.25, 0.3) is 0 Å². The van der Waals surface area contributed by atoms with Crippen molar-refractivity contribution in [2.24, 2.45) is 0 Å². The Kier molecular flexibility index (Phi) is 7.94. The van der Waals surface area contributed by atoms with E-state index in [1.807, 2.05) is 0 Å². The van der Waals surface area contributed by atoms with Crippen LogP contribution in [0.2, 0.25) is 0 Å². The first-order valence-corrected chi connectivity index (χ1v) is 5.08. The molecule has 0 saturated carbocycles. The Labute approximate surface area is 80.7 Å². The fraction of sp³-hybridized carbons (Fsp3) is 0.900. The Hall–Kier alpha value is -0.410. The molecule has 0 atom stereocenters. The predicted molar refractivity (Wildman–Crippen MR) is 53.7 cm³/mol. The first-order chi connectivity index (χ1) is 6.29. The number of hydrogen-bond acceptors (Lipinski definition) is 3. The van der Waals surface area contributed by atoms with Crippen LogP contribution in [0.1, 0.15) is 33.1 Å². The van der Waals surface area contributed by atoms with Crippen LogP contribution < -0.4 is 0 Å². The number of hydrogen-bond donors (Lipinski definition) is 1. The van der Waals surface area contributed by atoms with Gasteiger partial charge in [-0.05, 0) is 12.8 Å². The van der Waals surface area contributed by atoms with Gasteiger partial charge in [0.1, 0.15) is 6.29 Å². The van der Waals surface area contributed by atoms with Crippen LogP contribution in [0.3, 0.4) is 0 Å². The van der Waals surface area contributed by atoms with Crippen molar-refractivity contribution in [3.63, 3.8) is 0 Å². The summed E-state index contributed by atoms with van der Waals surface area (Å²) in [6.45, 7) is 5.91. The molecular weight excluding hydrogens is 166 g/mol. The molecule has 3 heteroatoms. The fourth-order valence-electron chi connectivity index (χ4n) is 1.63. The van der Waals surface area contributed by atoms with Crippen molar-refractivity contribution in [3.05, 3.63) is 0 Å². The highest BCUT2D eigenvalue weighted by Crippen LogP contribution is 2.07. The van der Waals surface area contributed by atoms with Crippen molar-refractivity contribution < 1.29 is 9.90 Å². The lowest BCUT2D eigenvalue weighted by Crippen LogP contribution is -2.37. The molecule has 0 rings (SSSR count). The van der Waals surface area contributed by atoms with E-state index in [0.29, 0.717) is 19.0 Å². The maximum absolute atomic E-state index is 10.2. The van der Waals surface area contributed by atoms with E-state index in [1.54, 1.807) is 0 Å². The molecule has 0 unspecified atom stereocenters. The number of rotatable bonds is 8. The van der Waals surface area contributed by atoms with Crippen molar-refractivity contribution in [1.82, 2.24) is 4.90 Å². The summed E-state index contributed by atoms with van der Waals surface area (Å²) in [6.07, 6.45) is 3.66. The summed E-state index contributed by atoms with van der Waals surface area (Å²) < 4.78 is 0. The van der Waals surface area contributed by atoms with Crippen LogP contribution >= 0.6 is 0 Å². The summed E-state index contributed by atoms with van der Waals surface area (Å²) in [6, 6.07) is 0.507. The minimum Gasteiger partial charge on any atom is -0.395 e. The zero-order valence-corrected chi connectivity index (χ0v) is 8.70. The molecule has 78 valence electrons. The molecule has 0 aromatic heterocycles. The molecule has 0 bridgehead atoms. The molecule has 0 spiro atoms. The van der Waals surface area contributed by atoms with Gasteiger partial charge in [0.25, 0.3) is 0 Å². The first kappa shape index (κ1) is 12.6. The Bertz CT molecular complexity index is 124. The van der Waals surface area contributed by atoms with Gasteiger partial charge in [0, 0.05) is 25.6 Å². The highest BCUT2D eigenvalue weighted by molar-refractivity contribution is 5.49. The van der Waals surface area contributed by atoms with E-state index in [1.165, 1.54) is 0 Å². The van der Waals surface area contributed by atoms with E-state index in [-0.39, 0.29) is 6.61 Å². The lowest BCUT2D eigenvalue weighted by atomic mass is 10.1. The number of aliphatic hydroxyl groups excluding tert-OH is 1. The molecule has 0 fully saturated rings. The zero-order valence-electron chi connectivity index (χ0n) is 8.70. The summed E-state index contributed by atoms with van der Waals surface area (Å²) in [5.41, 5.74) is 0. The molecule has 0 amide bonds. The van der Waals surface area contributed by atoms with E-state index < -0.39 is 0 Å². The van der Waals surface area contributed by atoms with E-state index in [2.05, 4.69) is 18.7 Å². The second-order valence-corrected chi connectivity index (χ2v) is 3.19. The standard InChI is InChI=1S/C10H21NO2/c1-3-10(4-2)11(7-9-13)6-5-8-12/h8,10,13H,3-7,9H2,1-2H3. The molecule has 1 N–H and O–H groups in total. The van der Waals surface area contributed by atoms with Crippen LogP contribution in [-0.4, -0.2) is 42.0 Å². The Morgan fingerprint density at radius 3 is 2.31 bits per heavy atom. The quantitative estimate of drug-likeness (QED) is 0.578. The van der Waals surface area contributed by atoms with Crippen LogP contribution in [0.15, 0.2) is 0 Å². The fourth-order valence-corrected chi connectivity index (χ4v) is 1.63. The lowest BCUT2D eigenvalue weighted by molar-refractivity contribution is -0.108. The summed E-state index contributed by atoms with van der Waals surface area (Å²) in [4.78, 5) is 12.4. The van der Waals surface area contributed by atoms with Gasteiger partial charge in [0.2, 0.25) is 0 Å². The summed E-state index contributed by atoms with van der Waals surface area (Å²) >= 11 is 0. The third-order valence-electron chi connectivity index (χ3n) is 2.38. The predicted octanol–water partition coefficient (Wildman–Crippen LogP) is 1.06. The van der Waals surface area contributed by atoms with Crippen LogP contribution in [0.4, 0.5) is 0 Å². The average molecular weight is 187 g/mol. The van der Waals surface area contributed by atoms with Crippen molar-refractivity contribution in [3.8, 4) is 0 Å². The summed E-state index contributed by atoms with van der Waals surface area (Å²) in [5, 5.41) is 8.85. The largest absolute Gasteiger partial charge is 0.395 e. The molecule has 0 heterocycles. The third kappa shape index (κ3) is 5.01. The van der Waals surface area contributed by atoms with Crippen LogP contribution in [-0.2, 0) is 4.79 Å². The topological polar surface area (TPSA) is 40.5 Å². The minimum atomic E-state index is 0.176. The molecule has 0 aromatic carbocycles. The number of aldehydes is 1. The summed E-state index contributed by atoms with van der Waals surface area (Å²) in [5.74, 6) is 0.